The van der Waals surface area contributed by atoms with Gasteiger partial charge < -0.3 is 10.4 Å². The molecule has 0 saturated carbocycles. The van der Waals surface area contributed by atoms with Crippen LogP contribution in [-0.4, -0.2) is 38.7 Å². The number of thioether (sulfide) groups is 1. The standard InChI is InChI=1S/C10H10BrN3O5S/c1-5(15)13-7(10(16)17)4-20-9-6(11)2-12-3-8(9)14(18)19/h2-3,7H,4H2,1H3,(H,13,15)(H,16,17)/t7-/m0/s1. The molecule has 1 aromatic rings. The summed E-state index contributed by atoms with van der Waals surface area (Å²) in [5.74, 6) is -1.74. The fourth-order valence-electron chi connectivity index (χ4n) is 1.27. The van der Waals surface area contributed by atoms with Gasteiger partial charge in [-0.2, -0.15) is 0 Å². The lowest BCUT2D eigenvalue weighted by Crippen LogP contribution is -2.41. The van der Waals surface area contributed by atoms with E-state index in [9.17, 15) is 19.7 Å². The quantitative estimate of drug-likeness (QED) is 0.445. The Hall–Kier alpha value is -1.68. The lowest BCUT2D eigenvalue weighted by Gasteiger charge is -2.13. The fraction of sp³-hybridized carbons (Fsp3) is 0.300. The van der Waals surface area contributed by atoms with Crippen molar-refractivity contribution in [1.82, 2.24) is 10.3 Å². The van der Waals surface area contributed by atoms with Crippen LogP contribution in [0.5, 0.6) is 0 Å². The number of aliphatic carboxylic acids is 1. The van der Waals surface area contributed by atoms with Crippen molar-refractivity contribution in [2.75, 3.05) is 5.75 Å². The molecule has 1 atom stereocenters. The van der Waals surface area contributed by atoms with E-state index in [1.165, 1.54) is 13.1 Å². The van der Waals surface area contributed by atoms with E-state index in [1.807, 2.05) is 0 Å². The number of pyridine rings is 1. The summed E-state index contributed by atoms with van der Waals surface area (Å²) in [5.41, 5.74) is -0.226. The van der Waals surface area contributed by atoms with E-state index in [0.717, 1.165) is 18.0 Å². The topological polar surface area (TPSA) is 122 Å². The lowest BCUT2D eigenvalue weighted by molar-refractivity contribution is -0.388. The van der Waals surface area contributed by atoms with E-state index >= 15 is 0 Å². The number of hydrogen-bond donors (Lipinski definition) is 2. The maximum atomic E-state index is 11.0. The summed E-state index contributed by atoms with van der Waals surface area (Å²) in [6, 6.07) is -1.13. The molecule has 0 radical (unpaired) electrons. The molecule has 0 spiro atoms. The monoisotopic (exact) mass is 363 g/mol. The number of carbonyl (C=O) groups excluding carboxylic acids is 1. The van der Waals surface area contributed by atoms with Crippen LogP contribution in [0.25, 0.3) is 0 Å². The first-order chi connectivity index (χ1) is 9.32. The molecule has 0 fully saturated rings. The highest BCUT2D eigenvalue weighted by Gasteiger charge is 2.23. The van der Waals surface area contributed by atoms with Crippen LogP contribution in [0.1, 0.15) is 6.92 Å². The molecule has 0 aliphatic heterocycles. The molecule has 0 aromatic carbocycles. The van der Waals surface area contributed by atoms with Crippen molar-refractivity contribution >= 4 is 45.3 Å². The molecule has 20 heavy (non-hydrogen) atoms. The Labute approximate surface area is 126 Å². The van der Waals surface area contributed by atoms with Crippen molar-refractivity contribution in [3.05, 3.63) is 27.0 Å². The summed E-state index contributed by atoms with van der Waals surface area (Å²) in [6.07, 6.45) is 2.46. The number of hydrogen-bond acceptors (Lipinski definition) is 6. The molecule has 2 N–H and O–H groups in total. The number of nitrogens with zero attached hydrogens (tertiary/aromatic N) is 2. The first kappa shape index (κ1) is 16.4. The highest BCUT2D eigenvalue weighted by atomic mass is 79.9. The molecule has 8 nitrogen and oxygen atoms in total. The minimum absolute atomic E-state index is 0.0433. The van der Waals surface area contributed by atoms with Crippen LogP contribution in [0.3, 0.4) is 0 Å². The van der Waals surface area contributed by atoms with Crippen molar-refractivity contribution in [2.45, 2.75) is 17.9 Å². The number of halogens is 1. The molecule has 1 amide bonds. The minimum Gasteiger partial charge on any atom is -0.480 e. The smallest absolute Gasteiger partial charge is 0.327 e. The number of carboxylic acid groups (broad SMARTS) is 1. The maximum Gasteiger partial charge on any atom is 0.327 e. The predicted octanol–water partition coefficient (Wildman–Crippen LogP) is 1.43. The first-order valence-corrected chi connectivity index (χ1v) is 7.01. The second kappa shape index (κ2) is 7.20. The molecule has 0 bridgehead atoms. The van der Waals surface area contributed by atoms with Crippen molar-refractivity contribution in [1.29, 1.82) is 0 Å². The third kappa shape index (κ3) is 4.46. The number of carboxylic acids is 1. The van der Waals surface area contributed by atoms with Crippen LogP contribution in [0, 0.1) is 10.1 Å². The molecule has 0 unspecified atom stereocenters. The fourth-order valence-corrected chi connectivity index (χ4v) is 2.96. The lowest BCUT2D eigenvalue weighted by atomic mass is 10.3. The zero-order chi connectivity index (χ0) is 15.3. The number of rotatable bonds is 6. The third-order valence-electron chi connectivity index (χ3n) is 2.10. The van der Waals surface area contributed by atoms with Crippen LogP contribution in [-0.2, 0) is 9.59 Å². The van der Waals surface area contributed by atoms with Gasteiger partial charge in [0.25, 0.3) is 0 Å². The van der Waals surface area contributed by atoms with E-state index in [2.05, 4.69) is 26.2 Å². The van der Waals surface area contributed by atoms with E-state index in [-0.39, 0.29) is 16.3 Å². The van der Waals surface area contributed by atoms with Crippen LogP contribution < -0.4 is 5.32 Å². The van der Waals surface area contributed by atoms with Gasteiger partial charge in [-0.1, -0.05) is 0 Å². The average molecular weight is 364 g/mol. The van der Waals surface area contributed by atoms with Gasteiger partial charge in [-0.05, 0) is 15.9 Å². The molecule has 10 heteroatoms. The molecular weight excluding hydrogens is 354 g/mol. The van der Waals surface area contributed by atoms with E-state index in [0.29, 0.717) is 4.47 Å². The SMILES string of the molecule is CC(=O)N[C@@H](CSc1c(Br)cncc1[N+](=O)[O-])C(=O)O. The summed E-state index contributed by atoms with van der Waals surface area (Å²) in [4.78, 5) is 36.1. The molecular formula is C10H10BrN3O5S. The van der Waals surface area contributed by atoms with E-state index < -0.39 is 22.8 Å². The third-order valence-corrected chi connectivity index (χ3v) is 4.18. The highest BCUT2D eigenvalue weighted by molar-refractivity contribution is 9.10. The molecule has 1 heterocycles. The first-order valence-electron chi connectivity index (χ1n) is 5.23. The van der Waals surface area contributed by atoms with Crippen molar-refractivity contribution in [3.63, 3.8) is 0 Å². The van der Waals surface area contributed by atoms with Gasteiger partial charge in [-0.25, -0.2) is 4.79 Å². The second-order valence-corrected chi connectivity index (χ2v) is 5.51. The van der Waals surface area contributed by atoms with E-state index in [1.54, 1.807) is 0 Å². The normalized spacial score (nSPS) is 11.7. The summed E-state index contributed by atoms with van der Waals surface area (Å²) < 4.78 is 0.392. The Morgan fingerprint density at radius 2 is 2.25 bits per heavy atom. The Morgan fingerprint density at radius 3 is 2.75 bits per heavy atom. The molecule has 108 valence electrons. The number of aromatic nitrogens is 1. The van der Waals surface area contributed by atoms with Crippen molar-refractivity contribution in [3.8, 4) is 0 Å². The number of amides is 1. The average Bonchev–Trinajstić information content (AvgIpc) is 2.34. The van der Waals surface area contributed by atoms with Gasteiger partial charge in [0.1, 0.15) is 17.1 Å². The molecule has 1 aromatic heterocycles. The van der Waals surface area contributed by atoms with Gasteiger partial charge in [-0.3, -0.25) is 19.9 Å². The number of nitro groups is 1. The van der Waals surface area contributed by atoms with Crippen LogP contribution in [0.2, 0.25) is 0 Å². The summed E-state index contributed by atoms with van der Waals surface area (Å²) in [5, 5.41) is 22.1. The van der Waals surface area contributed by atoms with Crippen LogP contribution in [0.4, 0.5) is 5.69 Å². The van der Waals surface area contributed by atoms with Gasteiger partial charge in [-0.15, -0.1) is 11.8 Å². The van der Waals surface area contributed by atoms with Gasteiger partial charge >= 0.3 is 11.7 Å². The summed E-state index contributed by atoms with van der Waals surface area (Å²) >= 11 is 4.09. The Bertz CT molecular complexity index is 554. The zero-order valence-electron chi connectivity index (χ0n) is 10.2. The Kier molecular flexibility index (Phi) is 5.89. The number of nitrogens with one attached hydrogen (secondary N) is 1. The van der Waals surface area contributed by atoms with Crippen LogP contribution >= 0.6 is 27.7 Å². The molecule has 0 aliphatic rings. The zero-order valence-corrected chi connectivity index (χ0v) is 12.6. The number of carbonyl (C=O) groups is 2. The van der Waals surface area contributed by atoms with Gasteiger partial charge in [0.05, 0.1) is 9.40 Å². The van der Waals surface area contributed by atoms with E-state index in [4.69, 9.17) is 5.11 Å². The molecule has 1 rings (SSSR count). The maximum absolute atomic E-state index is 11.0. The summed E-state index contributed by atoms with van der Waals surface area (Å²) in [6.45, 7) is 1.20. The van der Waals surface area contributed by atoms with Crippen molar-refractivity contribution < 1.29 is 19.6 Å². The van der Waals surface area contributed by atoms with Gasteiger partial charge in [0.2, 0.25) is 5.91 Å². The van der Waals surface area contributed by atoms with Crippen molar-refractivity contribution in [2.24, 2.45) is 0 Å². The predicted molar refractivity (Wildman–Crippen MR) is 74.6 cm³/mol. The largest absolute Gasteiger partial charge is 0.480 e. The summed E-state index contributed by atoms with van der Waals surface area (Å²) in [7, 11) is 0. The molecule has 0 saturated heterocycles. The minimum atomic E-state index is -1.21. The van der Waals surface area contributed by atoms with Gasteiger partial charge in [0.15, 0.2) is 0 Å². The Balaban J connectivity index is 2.90. The second-order valence-electron chi connectivity index (χ2n) is 3.63. The molecule has 0 aliphatic carbocycles. The Morgan fingerprint density at radius 1 is 1.60 bits per heavy atom. The highest BCUT2D eigenvalue weighted by Crippen LogP contribution is 2.35. The van der Waals surface area contributed by atoms with Gasteiger partial charge in [0, 0.05) is 18.9 Å². The van der Waals surface area contributed by atoms with Crippen LogP contribution in [0.15, 0.2) is 21.8 Å².